The molecular formula is C17H22N2O2. The minimum absolute atomic E-state index is 0.137. The first-order valence-corrected chi connectivity index (χ1v) is 7.49. The Labute approximate surface area is 124 Å². The molecule has 0 amide bonds. The van der Waals surface area contributed by atoms with Gasteiger partial charge in [-0.1, -0.05) is 13.8 Å². The largest absolute Gasteiger partial charge is 0.481 e. The minimum Gasteiger partial charge on any atom is -0.481 e. The van der Waals surface area contributed by atoms with Gasteiger partial charge in [0.15, 0.2) is 0 Å². The van der Waals surface area contributed by atoms with Gasteiger partial charge in [-0.2, -0.15) is 0 Å². The molecule has 21 heavy (non-hydrogen) atoms. The fourth-order valence-electron chi connectivity index (χ4n) is 3.02. The van der Waals surface area contributed by atoms with Gasteiger partial charge >= 0.3 is 5.97 Å². The zero-order valence-electron chi connectivity index (χ0n) is 13.1. The van der Waals surface area contributed by atoms with Crippen LogP contribution in [-0.2, 0) is 11.3 Å². The molecule has 1 heterocycles. The molecule has 2 aromatic rings. The van der Waals surface area contributed by atoms with Crippen molar-refractivity contribution in [1.29, 1.82) is 0 Å². The van der Waals surface area contributed by atoms with Crippen molar-refractivity contribution in [3.8, 4) is 0 Å². The molecule has 1 fully saturated rings. The predicted molar refractivity (Wildman–Crippen MR) is 82.6 cm³/mol. The Bertz CT molecular complexity index is 728. The van der Waals surface area contributed by atoms with E-state index in [9.17, 15) is 4.79 Å². The molecule has 0 spiro atoms. The van der Waals surface area contributed by atoms with Crippen molar-refractivity contribution in [2.45, 2.75) is 53.0 Å². The lowest BCUT2D eigenvalue weighted by Crippen LogP contribution is -2.09. The molecule has 1 aliphatic carbocycles. The van der Waals surface area contributed by atoms with Crippen LogP contribution in [0, 0.1) is 19.3 Å². The van der Waals surface area contributed by atoms with Gasteiger partial charge in [-0.3, -0.25) is 4.79 Å². The first-order chi connectivity index (χ1) is 9.79. The number of nitrogens with zero attached hydrogens (tertiary/aromatic N) is 2. The van der Waals surface area contributed by atoms with Crippen molar-refractivity contribution >= 4 is 17.0 Å². The third kappa shape index (κ3) is 2.43. The molecular weight excluding hydrogens is 264 g/mol. The minimum atomic E-state index is -0.762. The summed E-state index contributed by atoms with van der Waals surface area (Å²) >= 11 is 0. The van der Waals surface area contributed by atoms with E-state index in [2.05, 4.69) is 44.4 Å². The van der Waals surface area contributed by atoms with Crippen LogP contribution < -0.4 is 0 Å². The van der Waals surface area contributed by atoms with E-state index < -0.39 is 5.97 Å². The molecule has 1 unspecified atom stereocenters. The average molecular weight is 286 g/mol. The van der Waals surface area contributed by atoms with Crippen LogP contribution in [0.1, 0.15) is 49.6 Å². The van der Waals surface area contributed by atoms with Gasteiger partial charge in [0.05, 0.1) is 17.5 Å². The third-order valence-electron chi connectivity index (χ3n) is 4.77. The van der Waals surface area contributed by atoms with Crippen molar-refractivity contribution in [2.24, 2.45) is 5.41 Å². The topological polar surface area (TPSA) is 55.1 Å². The number of imidazole rings is 1. The highest BCUT2D eigenvalue weighted by Gasteiger charge is 2.49. The zero-order chi connectivity index (χ0) is 15.4. The Morgan fingerprint density at radius 2 is 2.00 bits per heavy atom. The van der Waals surface area contributed by atoms with Gasteiger partial charge in [-0.05, 0) is 48.9 Å². The van der Waals surface area contributed by atoms with E-state index in [4.69, 9.17) is 10.1 Å². The molecule has 3 rings (SSSR count). The smallest absolute Gasteiger partial charge is 0.305 e. The number of fused-ring (bicyclic) bond motifs is 1. The number of aliphatic carboxylic acids is 1. The molecule has 4 heteroatoms. The highest BCUT2D eigenvalue weighted by atomic mass is 16.4. The maximum Gasteiger partial charge on any atom is 0.305 e. The van der Waals surface area contributed by atoms with Crippen molar-refractivity contribution in [3.05, 3.63) is 29.1 Å². The zero-order valence-corrected chi connectivity index (χ0v) is 13.1. The normalized spacial score (nSPS) is 19.9. The van der Waals surface area contributed by atoms with Crippen LogP contribution >= 0.6 is 0 Å². The number of benzene rings is 1. The summed E-state index contributed by atoms with van der Waals surface area (Å²) in [5.74, 6) is 0.738. The van der Waals surface area contributed by atoms with Crippen LogP contribution in [0.2, 0.25) is 0 Å². The number of hydrogen-bond donors (Lipinski definition) is 1. The fraction of sp³-hybridized carbons (Fsp3) is 0.529. The summed E-state index contributed by atoms with van der Waals surface area (Å²) in [6, 6.07) is 4.25. The monoisotopic (exact) mass is 286 g/mol. The van der Waals surface area contributed by atoms with Gasteiger partial charge in [0.25, 0.3) is 0 Å². The second kappa shape index (κ2) is 4.58. The van der Waals surface area contributed by atoms with Crippen LogP contribution in [0.25, 0.3) is 11.0 Å². The maximum absolute atomic E-state index is 10.9. The Balaban J connectivity index is 2.11. The highest BCUT2D eigenvalue weighted by Crippen LogP contribution is 2.58. The van der Waals surface area contributed by atoms with E-state index in [0.29, 0.717) is 12.5 Å². The van der Waals surface area contributed by atoms with Crippen LogP contribution in [0.3, 0.4) is 0 Å². The Morgan fingerprint density at radius 1 is 1.38 bits per heavy atom. The average Bonchev–Trinajstić information content (AvgIpc) is 2.87. The van der Waals surface area contributed by atoms with Crippen LogP contribution in [0.5, 0.6) is 0 Å². The van der Waals surface area contributed by atoms with Crippen molar-refractivity contribution in [1.82, 2.24) is 9.55 Å². The summed E-state index contributed by atoms with van der Waals surface area (Å²) in [5, 5.41) is 9.00. The summed E-state index contributed by atoms with van der Waals surface area (Å²) in [6.07, 6.45) is 1.26. The molecule has 0 aliphatic heterocycles. The van der Waals surface area contributed by atoms with E-state index in [1.807, 2.05) is 0 Å². The number of aromatic nitrogens is 2. The van der Waals surface area contributed by atoms with Crippen molar-refractivity contribution in [3.63, 3.8) is 0 Å². The number of carbonyl (C=O) groups is 1. The summed E-state index contributed by atoms with van der Waals surface area (Å²) in [4.78, 5) is 15.8. The maximum atomic E-state index is 10.9. The van der Waals surface area contributed by atoms with Gasteiger partial charge in [0, 0.05) is 12.5 Å². The summed E-state index contributed by atoms with van der Waals surface area (Å²) in [7, 11) is 0. The molecule has 4 nitrogen and oxygen atoms in total. The SMILES string of the molecule is Cc1cc2nc(C3CC3(C)C)n(CCC(=O)O)c2cc1C. The molecule has 1 aromatic carbocycles. The van der Waals surface area contributed by atoms with Crippen LogP contribution in [0.4, 0.5) is 0 Å². The van der Waals surface area contributed by atoms with Crippen molar-refractivity contribution in [2.75, 3.05) is 0 Å². The number of carboxylic acids is 1. The first kappa shape index (κ1) is 14.1. The van der Waals surface area contributed by atoms with Crippen molar-refractivity contribution < 1.29 is 9.90 Å². The molecule has 1 aromatic heterocycles. The van der Waals surface area contributed by atoms with E-state index in [1.54, 1.807) is 0 Å². The lowest BCUT2D eigenvalue weighted by Gasteiger charge is -2.09. The van der Waals surface area contributed by atoms with Crippen LogP contribution in [-0.4, -0.2) is 20.6 Å². The van der Waals surface area contributed by atoms with Crippen LogP contribution in [0.15, 0.2) is 12.1 Å². The number of rotatable bonds is 4. The Morgan fingerprint density at radius 3 is 2.57 bits per heavy atom. The molecule has 112 valence electrons. The number of carboxylic acid groups (broad SMARTS) is 1. The van der Waals surface area contributed by atoms with E-state index in [1.165, 1.54) is 11.1 Å². The molecule has 1 N–H and O–H groups in total. The van der Waals surface area contributed by atoms with E-state index in [-0.39, 0.29) is 11.8 Å². The fourth-order valence-corrected chi connectivity index (χ4v) is 3.02. The molecule has 0 radical (unpaired) electrons. The summed E-state index contributed by atoms with van der Waals surface area (Å²) < 4.78 is 2.12. The van der Waals surface area contributed by atoms with Gasteiger partial charge in [-0.25, -0.2) is 4.98 Å². The van der Waals surface area contributed by atoms with E-state index >= 15 is 0 Å². The first-order valence-electron chi connectivity index (χ1n) is 7.49. The van der Waals surface area contributed by atoms with Gasteiger partial charge in [0.2, 0.25) is 0 Å². The summed E-state index contributed by atoms with van der Waals surface area (Å²) in [5.41, 5.74) is 4.79. The van der Waals surface area contributed by atoms with Gasteiger partial charge in [0.1, 0.15) is 5.82 Å². The summed E-state index contributed by atoms with van der Waals surface area (Å²) in [6.45, 7) is 9.16. The number of aryl methyl sites for hydroxylation is 3. The third-order valence-corrected chi connectivity index (χ3v) is 4.77. The lowest BCUT2D eigenvalue weighted by atomic mass is 10.1. The molecule has 0 saturated heterocycles. The quantitative estimate of drug-likeness (QED) is 0.933. The van der Waals surface area contributed by atoms with Gasteiger partial charge < -0.3 is 9.67 Å². The Kier molecular flexibility index (Phi) is 3.08. The van der Waals surface area contributed by atoms with E-state index in [0.717, 1.165) is 23.3 Å². The second-order valence-corrected chi connectivity index (χ2v) is 6.94. The highest BCUT2D eigenvalue weighted by molar-refractivity contribution is 5.78. The Hall–Kier alpha value is -1.84. The molecule has 0 bridgehead atoms. The second-order valence-electron chi connectivity index (χ2n) is 6.94. The van der Waals surface area contributed by atoms with Gasteiger partial charge in [-0.15, -0.1) is 0 Å². The molecule has 1 saturated carbocycles. The molecule has 1 atom stereocenters. The predicted octanol–water partition coefficient (Wildman–Crippen LogP) is 3.64. The number of hydrogen-bond acceptors (Lipinski definition) is 2. The lowest BCUT2D eigenvalue weighted by molar-refractivity contribution is -0.137. The standard InChI is InChI=1S/C17H22N2O2/c1-10-7-13-14(8-11(10)2)19(6-5-15(20)21)16(18-13)12-9-17(12,3)4/h7-8,12H,5-6,9H2,1-4H3,(H,20,21). The molecule has 1 aliphatic rings.